The molecule has 0 bridgehead atoms. The van der Waals surface area contributed by atoms with E-state index < -0.39 is 97.5 Å². The number of ether oxygens (including phenoxy) is 4. The van der Waals surface area contributed by atoms with E-state index in [1.165, 1.54) is 167 Å². The number of hydrogen-bond acceptors (Lipinski definition) is 15. The van der Waals surface area contributed by atoms with E-state index >= 15 is 0 Å². The highest BCUT2D eigenvalue weighted by atomic mass is 31.2. The van der Waals surface area contributed by atoms with Crippen LogP contribution in [0.1, 0.15) is 356 Å². The monoisotopic (exact) mass is 1310 g/mol. The molecule has 0 heterocycles. The predicted octanol–water partition coefficient (Wildman–Crippen LogP) is 20.0. The zero-order valence-electron chi connectivity index (χ0n) is 57.7. The van der Waals surface area contributed by atoms with Gasteiger partial charge in [0.15, 0.2) is 12.2 Å². The van der Waals surface area contributed by atoms with Crippen molar-refractivity contribution in [2.75, 3.05) is 39.6 Å². The van der Waals surface area contributed by atoms with E-state index in [0.29, 0.717) is 25.7 Å². The number of carbonyl (C=O) groups excluding carboxylic acids is 4. The minimum Gasteiger partial charge on any atom is -0.462 e. The lowest BCUT2D eigenvalue weighted by Crippen LogP contribution is -2.30. The van der Waals surface area contributed by atoms with Gasteiger partial charge in [0, 0.05) is 25.7 Å². The van der Waals surface area contributed by atoms with E-state index in [1.807, 2.05) is 0 Å². The van der Waals surface area contributed by atoms with E-state index in [4.69, 9.17) is 37.0 Å². The average molecular weight is 1310 g/mol. The van der Waals surface area contributed by atoms with Crippen molar-refractivity contribution in [2.24, 2.45) is 11.8 Å². The SMILES string of the molecule is CCCCCCCCCCCCCCCCCCCC(=O)O[C@H](COC(=O)CCCCCCCCCCCCC(C)CC)COP(=O)(O)OC[C@@H](O)COP(=O)(O)OC[C@@H](COC(=O)CCCCCCC)OC(=O)CCCCCCCCCCCCC(C)C. The molecule has 0 rings (SSSR count). The molecule has 0 radical (unpaired) electrons. The molecule has 0 amide bonds. The lowest BCUT2D eigenvalue weighted by Gasteiger charge is -2.21. The summed E-state index contributed by atoms with van der Waals surface area (Å²) >= 11 is 0. The summed E-state index contributed by atoms with van der Waals surface area (Å²) in [7, 11) is -9.89. The second-order valence-electron chi connectivity index (χ2n) is 26.0. The van der Waals surface area contributed by atoms with Crippen molar-refractivity contribution >= 4 is 39.5 Å². The Balaban J connectivity index is 5.17. The molecule has 0 aliphatic rings. The number of esters is 4. The second kappa shape index (κ2) is 62.2. The van der Waals surface area contributed by atoms with Crippen LogP contribution in [-0.4, -0.2) is 96.7 Å². The fourth-order valence-corrected chi connectivity index (χ4v) is 12.1. The molecule has 0 saturated carbocycles. The van der Waals surface area contributed by atoms with Crippen molar-refractivity contribution in [1.29, 1.82) is 0 Å². The van der Waals surface area contributed by atoms with Gasteiger partial charge in [0.2, 0.25) is 0 Å². The summed E-state index contributed by atoms with van der Waals surface area (Å²) in [6.45, 7) is 9.48. The van der Waals surface area contributed by atoms with Crippen LogP contribution in [0.4, 0.5) is 0 Å². The summed E-state index contributed by atoms with van der Waals surface area (Å²) in [5, 5.41) is 10.6. The molecular weight excluding hydrogens is 1170 g/mol. The zero-order valence-corrected chi connectivity index (χ0v) is 59.5. The molecule has 0 saturated heterocycles. The highest BCUT2D eigenvalue weighted by Crippen LogP contribution is 2.45. The number of unbranched alkanes of at least 4 members (excludes halogenated alkanes) is 38. The van der Waals surface area contributed by atoms with Gasteiger partial charge in [-0.05, 0) is 37.5 Å². The molecule has 0 fully saturated rings. The number of aliphatic hydroxyl groups is 1. The molecule has 3 N–H and O–H groups in total. The van der Waals surface area contributed by atoms with Crippen LogP contribution in [0.2, 0.25) is 0 Å². The summed E-state index contributed by atoms with van der Waals surface area (Å²) in [6, 6.07) is 0. The third kappa shape index (κ3) is 63.2. The Labute approximate surface area is 543 Å². The van der Waals surface area contributed by atoms with Gasteiger partial charge in [0.25, 0.3) is 0 Å². The molecule has 17 nitrogen and oxygen atoms in total. The fourth-order valence-electron chi connectivity index (χ4n) is 10.6. The number of phosphoric acid groups is 2. The van der Waals surface area contributed by atoms with Gasteiger partial charge in [-0.2, -0.15) is 0 Å². The van der Waals surface area contributed by atoms with Crippen LogP contribution >= 0.6 is 15.6 Å². The van der Waals surface area contributed by atoms with Crippen LogP contribution in [0.25, 0.3) is 0 Å². The summed E-state index contributed by atoms with van der Waals surface area (Å²) in [6.07, 6.45) is 47.5. The van der Waals surface area contributed by atoms with Crippen LogP contribution < -0.4 is 0 Å². The van der Waals surface area contributed by atoms with Gasteiger partial charge in [-0.25, -0.2) is 9.13 Å². The average Bonchev–Trinajstić information content (AvgIpc) is 3.65. The Morgan fingerprint density at radius 2 is 0.573 bits per heavy atom. The van der Waals surface area contributed by atoms with Crippen molar-refractivity contribution in [2.45, 2.75) is 374 Å². The first-order valence-electron chi connectivity index (χ1n) is 36.5. The van der Waals surface area contributed by atoms with Gasteiger partial charge in [0.05, 0.1) is 26.4 Å². The maximum absolute atomic E-state index is 13.0. The van der Waals surface area contributed by atoms with E-state index in [0.717, 1.165) is 108 Å². The summed E-state index contributed by atoms with van der Waals surface area (Å²) in [4.78, 5) is 72.3. The molecule has 3 unspecified atom stereocenters. The molecule has 0 aliphatic heterocycles. The molecule has 0 aromatic carbocycles. The highest BCUT2D eigenvalue weighted by molar-refractivity contribution is 7.47. The third-order valence-corrected chi connectivity index (χ3v) is 18.5. The van der Waals surface area contributed by atoms with Crippen molar-refractivity contribution in [1.82, 2.24) is 0 Å². The molecule has 0 aliphatic carbocycles. The quantitative estimate of drug-likeness (QED) is 0.0222. The normalized spacial score (nSPS) is 14.4. The van der Waals surface area contributed by atoms with Crippen molar-refractivity contribution < 1.29 is 80.2 Å². The Kier molecular flexibility index (Phi) is 60.8. The Morgan fingerprint density at radius 3 is 0.854 bits per heavy atom. The Bertz CT molecular complexity index is 1740. The summed E-state index contributed by atoms with van der Waals surface area (Å²) in [5.41, 5.74) is 0. The van der Waals surface area contributed by atoms with Crippen LogP contribution in [0.5, 0.6) is 0 Å². The molecular formula is C70H136O17P2. The first-order valence-corrected chi connectivity index (χ1v) is 39.5. The van der Waals surface area contributed by atoms with Gasteiger partial charge < -0.3 is 33.8 Å². The third-order valence-electron chi connectivity index (χ3n) is 16.6. The second-order valence-corrected chi connectivity index (χ2v) is 28.9. The van der Waals surface area contributed by atoms with E-state index in [9.17, 15) is 43.2 Å². The minimum atomic E-state index is -4.95. The minimum absolute atomic E-state index is 0.105. The highest BCUT2D eigenvalue weighted by Gasteiger charge is 2.30. The number of hydrogen-bond donors (Lipinski definition) is 3. The fraction of sp³-hybridized carbons (Fsp3) is 0.943. The van der Waals surface area contributed by atoms with Gasteiger partial charge >= 0.3 is 39.5 Å². The van der Waals surface area contributed by atoms with Crippen LogP contribution in [0.15, 0.2) is 0 Å². The van der Waals surface area contributed by atoms with Crippen molar-refractivity contribution in [3.05, 3.63) is 0 Å². The van der Waals surface area contributed by atoms with Crippen LogP contribution in [0, 0.1) is 11.8 Å². The Morgan fingerprint density at radius 1 is 0.326 bits per heavy atom. The van der Waals surface area contributed by atoms with E-state index in [1.54, 1.807) is 0 Å². The van der Waals surface area contributed by atoms with E-state index in [2.05, 4.69) is 41.5 Å². The van der Waals surface area contributed by atoms with E-state index in [-0.39, 0.29) is 25.7 Å². The Hall–Kier alpha value is -1.94. The van der Waals surface area contributed by atoms with Gasteiger partial charge in [-0.1, -0.05) is 305 Å². The molecule has 6 atom stereocenters. The van der Waals surface area contributed by atoms with Crippen molar-refractivity contribution in [3.8, 4) is 0 Å². The van der Waals surface area contributed by atoms with Gasteiger partial charge in [-0.15, -0.1) is 0 Å². The zero-order chi connectivity index (χ0) is 65.7. The van der Waals surface area contributed by atoms with Gasteiger partial charge in [-0.3, -0.25) is 37.3 Å². The molecule has 0 spiro atoms. The van der Waals surface area contributed by atoms with Gasteiger partial charge in [0.1, 0.15) is 19.3 Å². The molecule has 0 aromatic heterocycles. The standard InChI is InChI=1S/C70H136O17P2/c1-7-10-12-14-15-16-17-18-19-20-21-22-23-31-36-42-48-54-70(75)87-66(59-81-68(73)53-47-41-35-30-27-25-29-34-40-45-51-63(6)9-3)61-85-89(78,79)83-57-64(71)56-82-88(76,77)84-60-65(58-80-67(72)52-46-38-13-11-8-2)86-69(74)55-49-43-37-32-26-24-28-33-39-44-50-62(4)5/h62-66,71H,7-61H2,1-6H3,(H,76,77)(H,78,79)/t63?,64-,65+,66+/m0/s1. The topological polar surface area (TPSA) is 237 Å². The predicted molar refractivity (Wildman–Crippen MR) is 358 cm³/mol. The molecule has 19 heteroatoms. The molecule has 528 valence electrons. The van der Waals surface area contributed by atoms with Crippen molar-refractivity contribution in [3.63, 3.8) is 0 Å². The summed E-state index contributed by atoms with van der Waals surface area (Å²) in [5.74, 6) is -0.573. The first-order chi connectivity index (χ1) is 42.9. The maximum atomic E-state index is 13.0. The maximum Gasteiger partial charge on any atom is 0.472 e. The number of aliphatic hydroxyl groups excluding tert-OH is 1. The number of phosphoric ester groups is 2. The molecule has 0 aromatic rings. The number of carbonyl (C=O) groups is 4. The smallest absolute Gasteiger partial charge is 0.462 e. The lowest BCUT2D eigenvalue weighted by molar-refractivity contribution is -0.161. The van der Waals surface area contributed by atoms with Crippen LogP contribution in [-0.2, 0) is 65.4 Å². The molecule has 89 heavy (non-hydrogen) atoms. The lowest BCUT2D eigenvalue weighted by atomic mass is 9.99. The summed E-state index contributed by atoms with van der Waals surface area (Å²) < 4.78 is 68.1. The number of rotatable bonds is 69. The largest absolute Gasteiger partial charge is 0.472 e. The van der Waals surface area contributed by atoms with Crippen LogP contribution in [0.3, 0.4) is 0 Å². The first kappa shape index (κ1) is 87.1.